The largest absolute Gasteiger partial charge is 0.255 e. The summed E-state index contributed by atoms with van der Waals surface area (Å²) in [6, 6.07) is 29.8. The van der Waals surface area contributed by atoms with Gasteiger partial charge in [-0.3, -0.25) is 4.98 Å². The van der Waals surface area contributed by atoms with Crippen LogP contribution in [0.3, 0.4) is 0 Å². The van der Waals surface area contributed by atoms with Gasteiger partial charge in [-0.05, 0) is 85.2 Å². The second-order valence-corrected chi connectivity index (χ2v) is 20.8. The van der Waals surface area contributed by atoms with Crippen LogP contribution >= 0.6 is 11.3 Å². The zero-order valence-electron chi connectivity index (χ0n) is 26.8. The molecule has 0 saturated heterocycles. The first-order valence-electron chi connectivity index (χ1n) is 15.1. The molecule has 0 aliphatic rings. The molecule has 2 heterocycles. The molecule has 0 saturated carbocycles. The van der Waals surface area contributed by atoms with E-state index in [9.17, 15) is 0 Å². The summed E-state index contributed by atoms with van der Waals surface area (Å²) in [6.07, 6.45) is 2.03. The summed E-state index contributed by atoms with van der Waals surface area (Å²) in [4.78, 5) is 5.09. The molecule has 0 bridgehead atoms. The van der Waals surface area contributed by atoms with E-state index in [1.165, 1.54) is 49.6 Å². The summed E-state index contributed by atoms with van der Waals surface area (Å²) in [5, 5.41) is 5.56. The molecule has 1 nitrogen and oxygen atoms in total. The van der Waals surface area contributed by atoms with Crippen molar-refractivity contribution in [3.63, 3.8) is 0 Å². The van der Waals surface area contributed by atoms with Crippen molar-refractivity contribution in [1.82, 2.24) is 4.98 Å². The number of hydrogen-bond acceptors (Lipinski definition) is 2. The fourth-order valence-corrected chi connectivity index (χ4v) is 16.4. The Morgan fingerprint density at radius 1 is 0.707 bits per heavy atom. The highest BCUT2D eigenvalue weighted by Crippen LogP contribution is 2.42. The first-order valence-corrected chi connectivity index (χ1v) is 18.3. The Kier molecular flexibility index (Phi) is 7.62. The summed E-state index contributed by atoms with van der Waals surface area (Å²) < 4.78 is 2.97. The van der Waals surface area contributed by atoms with E-state index in [-0.39, 0.29) is 16.2 Å². The highest BCUT2D eigenvalue weighted by molar-refractivity contribution is 7.34. The lowest BCUT2D eigenvalue weighted by atomic mass is 9.82. The Bertz CT molecular complexity index is 1670. The number of hydrogen-bond donors (Lipinski definition) is 0. The van der Waals surface area contributed by atoms with Crippen molar-refractivity contribution in [3.8, 4) is 11.3 Å². The van der Waals surface area contributed by atoms with Gasteiger partial charge < -0.3 is 0 Å². The van der Waals surface area contributed by atoms with Gasteiger partial charge in [-0.15, -0.1) is 11.3 Å². The molecule has 0 atom stereocenters. The molecule has 0 amide bonds. The molecule has 3 heteroatoms. The third kappa shape index (κ3) is 5.94. The number of aromatic nitrogens is 1. The van der Waals surface area contributed by atoms with Crippen molar-refractivity contribution in [3.05, 3.63) is 90.1 Å². The molecule has 0 N–H and O–H groups in total. The van der Waals surface area contributed by atoms with Crippen molar-refractivity contribution >= 4 is 50.0 Å². The third-order valence-corrected chi connectivity index (χ3v) is 16.8. The SMILES string of the molecule is Cc1c([Si](CC(C)(C)C)(CC(C)(C)C)c2ccccc2)sc2c(-c3cc(C(C)(C)C)c4ccccc4c3)nccc12. The van der Waals surface area contributed by atoms with E-state index in [1.807, 2.05) is 17.5 Å². The van der Waals surface area contributed by atoms with Gasteiger partial charge in [0.05, 0.1) is 10.4 Å². The number of pyridine rings is 1. The van der Waals surface area contributed by atoms with Crippen LogP contribution in [0.2, 0.25) is 12.1 Å². The first kappa shape index (κ1) is 29.7. The third-order valence-electron chi connectivity index (χ3n) is 8.22. The highest BCUT2D eigenvalue weighted by Gasteiger charge is 2.45. The molecule has 3 aromatic carbocycles. The maximum atomic E-state index is 5.09. The molecule has 0 fully saturated rings. The van der Waals surface area contributed by atoms with Crippen LogP contribution < -0.4 is 9.69 Å². The van der Waals surface area contributed by atoms with Gasteiger partial charge in [0.1, 0.15) is 8.07 Å². The Labute approximate surface area is 253 Å². The Morgan fingerprint density at radius 2 is 1.32 bits per heavy atom. The van der Waals surface area contributed by atoms with Gasteiger partial charge in [0.15, 0.2) is 0 Å². The molecule has 2 aromatic heterocycles. The molecule has 0 aliphatic carbocycles. The highest BCUT2D eigenvalue weighted by atomic mass is 32.1. The number of nitrogens with zero attached hydrogens (tertiary/aromatic N) is 1. The van der Waals surface area contributed by atoms with E-state index in [4.69, 9.17) is 4.98 Å². The first-order chi connectivity index (χ1) is 19.1. The monoisotopic (exact) mass is 577 g/mol. The standard InChI is InChI=1S/C38H47NSSi/c1-26-30-20-21-39-33(28-22-27-16-14-15-19-31(27)32(23-28)38(8,9)10)34(30)40-35(26)41(24-36(2,3)4,25-37(5,6)7)29-17-12-11-13-18-29/h11-23H,24-25H2,1-10H3. The Hall–Kier alpha value is -2.75. The van der Waals surface area contributed by atoms with Crippen LogP contribution in [0.4, 0.5) is 0 Å². The van der Waals surface area contributed by atoms with Crippen LogP contribution in [0.1, 0.15) is 73.4 Å². The van der Waals surface area contributed by atoms with Crippen molar-refractivity contribution in [2.45, 2.75) is 86.7 Å². The number of benzene rings is 3. The van der Waals surface area contributed by atoms with E-state index in [1.54, 1.807) is 9.69 Å². The lowest BCUT2D eigenvalue weighted by Crippen LogP contribution is -2.61. The van der Waals surface area contributed by atoms with Crippen molar-refractivity contribution < 1.29 is 0 Å². The van der Waals surface area contributed by atoms with E-state index >= 15 is 0 Å². The molecule has 5 aromatic rings. The van der Waals surface area contributed by atoms with Gasteiger partial charge in [-0.25, -0.2) is 0 Å². The van der Waals surface area contributed by atoms with E-state index < -0.39 is 8.07 Å². The summed E-state index contributed by atoms with van der Waals surface area (Å²) in [5.74, 6) is 0. The van der Waals surface area contributed by atoms with Crippen LogP contribution in [-0.2, 0) is 5.41 Å². The molecule has 41 heavy (non-hydrogen) atoms. The van der Waals surface area contributed by atoms with E-state index in [0.717, 1.165) is 5.69 Å². The van der Waals surface area contributed by atoms with Crippen LogP contribution in [0.15, 0.2) is 79.0 Å². The Balaban J connectivity index is 1.83. The van der Waals surface area contributed by atoms with E-state index in [0.29, 0.717) is 0 Å². The minimum absolute atomic E-state index is 0.0365. The number of fused-ring (bicyclic) bond motifs is 2. The Morgan fingerprint density at radius 3 is 1.93 bits per heavy atom. The molecule has 214 valence electrons. The molecule has 5 rings (SSSR count). The lowest BCUT2D eigenvalue weighted by molar-refractivity contribution is 0.438. The molecule has 0 radical (unpaired) electrons. The zero-order chi connectivity index (χ0) is 29.8. The summed E-state index contributed by atoms with van der Waals surface area (Å²) in [5.41, 5.74) is 5.68. The van der Waals surface area contributed by atoms with E-state index in [2.05, 4.69) is 142 Å². The normalized spacial score (nSPS) is 13.3. The van der Waals surface area contributed by atoms with Gasteiger partial charge in [0.2, 0.25) is 0 Å². The van der Waals surface area contributed by atoms with Gasteiger partial charge in [-0.1, -0.05) is 122 Å². The van der Waals surface area contributed by atoms with Crippen molar-refractivity contribution in [1.29, 1.82) is 0 Å². The lowest BCUT2D eigenvalue weighted by Gasteiger charge is -2.41. The smallest absolute Gasteiger partial charge is 0.132 e. The second kappa shape index (κ2) is 10.5. The van der Waals surface area contributed by atoms with Crippen molar-refractivity contribution in [2.24, 2.45) is 10.8 Å². The maximum absolute atomic E-state index is 5.09. The van der Waals surface area contributed by atoms with Crippen LogP contribution in [-0.4, -0.2) is 13.1 Å². The van der Waals surface area contributed by atoms with Gasteiger partial charge in [0.25, 0.3) is 0 Å². The van der Waals surface area contributed by atoms with Gasteiger partial charge in [-0.2, -0.15) is 0 Å². The number of thiophene rings is 1. The number of aryl methyl sites for hydroxylation is 1. The summed E-state index contributed by atoms with van der Waals surface area (Å²) in [7, 11) is -2.16. The summed E-state index contributed by atoms with van der Waals surface area (Å²) >= 11 is 2.05. The predicted molar refractivity (Wildman–Crippen MR) is 186 cm³/mol. The van der Waals surface area contributed by atoms with Crippen LogP contribution in [0.25, 0.3) is 32.1 Å². The molecular weight excluding hydrogens is 531 g/mol. The fraction of sp³-hybridized carbons (Fsp3) is 0.395. The average Bonchev–Trinajstić information content (AvgIpc) is 3.23. The average molecular weight is 578 g/mol. The minimum Gasteiger partial charge on any atom is -0.255 e. The van der Waals surface area contributed by atoms with Crippen LogP contribution in [0, 0.1) is 17.8 Å². The molecule has 0 aliphatic heterocycles. The minimum atomic E-state index is -2.16. The maximum Gasteiger partial charge on any atom is 0.132 e. The zero-order valence-corrected chi connectivity index (χ0v) is 28.6. The molecular formula is C38H47NSSi. The quantitative estimate of drug-likeness (QED) is 0.189. The van der Waals surface area contributed by atoms with Gasteiger partial charge in [0, 0.05) is 11.8 Å². The number of rotatable bonds is 5. The summed E-state index contributed by atoms with van der Waals surface area (Å²) in [6.45, 7) is 23.9. The fourth-order valence-electron chi connectivity index (χ4n) is 7.00. The predicted octanol–water partition coefficient (Wildman–Crippen LogP) is 10.4. The second-order valence-electron chi connectivity index (χ2n) is 15.5. The molecule has 0 unspecified atom stereocenters. The van der Waals surface area contributed by atoms with Crippen molar-refractivity contribution in [2.75, 3.05) is 0 Å². The van der Waals surface area contributed by atoms with Crippen LogP contribution in [0.5, 0.6) is 0 Å². The topological polar surface area (TPSA) is 12.9 Å². The van der Waals surface area contributed by atoms with Gasteiger partial charge >= 0.3 is 0 Å². The molecule has 0 spiro atoms.